The number of fused-ring (bicyclic) bond motifs is 1. The first-order valence-corrected chi connectivity index (χ1v) is 14.3. The van der Waals surface area contributed by atoms with E-state index in [4.69, 9.17) is 14.5 Å². The molecular formula is C15H20N5O13P3. The van der Waals surface area contributed by atoms with E-state index in [2.05, 4.69) is 33.3 Å². The zero-order chi connectivity index (χ0) is 26.5. The molecule has 3 aromatic heterocycles. The number of H-pyrrole nitrogens is 1. The number of phosphoric acid groups is 3. The Labute approximate surface area is 200 Å². The summed E-state index contributed by atoms with van der Waals surface area (Å²) in [4.78, 5) is 44.3. The highest BCUT2D eigenvalue weighted by molar-refractivity contribution is 7.66. The summed E-state index contributed by atoms with van der Waals surface area (Å²) in [6, 6.07) is 0. The number of ether oxygens (including phenoxy) is 1. The van der Waals surface area contributed by atoms with E-state index in [1.807, 2.05) is 0 Å². The van der Waals surface area contributed by atoms with Gasteiger partial charge in [0.2, 0.25) is 0 Å². The molecule has 1 saturated heterocycles. The SMILES string of the molecule is C[C@@]1(O)[C@H](O)[C@@H](COP(=O)(O)OP(=O)(O)OP(=O)(O)O)O[C@H]1n1cc(-c2cn[nH]c2)c2cncnc21. The fourth-order valence-corrected chi connectivity index (χ4v) is 6.67. The maximum Gasteiger partial charge on any atom is 0.490 e. The van der Waals surface area contributed by atoms with Gasteiger partial charge in [0, 0.05) is 35.1 Å². The van der Waals surface area contributed by atoms with Gasteiger partial charge in [-0.2, -0.15) is 13.7 Å². The van der Waals surface area contributed by atoms with E-state index in [0.29, 0.717) is 22.2 Å². The number of aliphatic hydroxyl groups is 2. The number of nitrogens with zero attached hydrogens (tertiary/aromatic N) is 4. The van der Waals surface area contributed by atoms with Crippen LogP contribution in [0.3, 0.4) is 0 Å². The van der Waals surface area contributed by atoms with Crippen molar-refractivity contribution in [2.24, 2.45) is 0 Å². The molecule has 3 aromatic rings. The van der Waals surface area contributed by atoms with Crippen LogP contribution in [0.25, 0.3) is 22.2 Å². The lowest BCUT2D eigenvalue weighted by Gasteiger charge is -2.27. The van der Waals surface area contributed by atoms with E-state index < -0.39 is 54.1 Å². The molecule has 1 aliphatic rings. The Morgan fingerprint density at radius 1 is 1.17 bits per heavy atom. The van der Waals surface area contributed by atoms with Gasteiger partial charge >= 0.3 is 23.5 Å². The predicted molar refractivity (Wildman–Crippen MR) is 115 cm³/mol. The number of hydrogen-bond acceptors (Lipinski definition) is 12. The summed E-state index contributed by atoms with van der Waals surface area (Å²) in [6.45, 7) is 0.276. The quantitative estimate of drug-likeness (QED) is 0.169. The predicted octanol–water partition coefficient (Wildman–Crippen LogP) is 0.174. The highest BCUT2D eigenvalue weighted by Gasteiger charge is 2.54. The van der Waals surface area contributed by atoms with Crippen molar-refractivity contribution < 1.29 is 61.4 Å². The van der Waals surface area contributed by atoms with Crippen LogP contribution in [-0.4, -0.2) is 78.9 Å². The molecule has 0 radical (unpaired) electrons. The molecule has 0 amide bonds. The van der Waals surface area contributed by atoms with Crippen LogP contribution in [0, 0.1) is 0 Å². The van der Waals surface area contributed by atoms with Gasteiger partial charge in [0.25, 0.3) is 0 Å². The lowest BCUT2D eigenvalue weighted by atomic mass is 9.96. The standard InChI is InChI=1S/C15H20N5O13P3/c1-15(22)12(21)11(6-30-35(26,27)33-36(28,29)32-34(23,24)25)31-14(15)20-5-10(8-2-18-19-3-8)9-4-16-7-17-13(9)20/h2-5,7,11-12,14,21-22H,6H2,1H3,(H,18,19)(H,26,27)(H,28,29)(H2,23,24,25)/t11-,12-,14-,15-/m1/s1. The smallest absolute Gasteiger partial charge is 0.387 e. The van der Waals surface area contributed by atoms with Crippen molar-refractivity contribution in [2.45, 2.75) is 31.0 Å². The summed E-state index contributed by atoms with van der Waals surface area (Å²) in [5, 5.41) is 28.8. The summed E-state index contributed by atoms with van der Waals surface area (Å²) in [6.07, 6.45) is 3.00. The molecule has 0 aliphatic carbocycles. The van der Waals surface area contributed by atoms with Crippen molar-refractivity contribution in [2.75, 3.05) is 6.61 Å². The van der Waals surface area contributed by atoms with Gasteiger partial charge in [0.15, 0.2) is 6.23 Å². The first-order chi connectivity index (χ1) is 16.6. The summed E-state index contributed by atoms with van der Waals surface area (Å²) in [5.74, 6) is 0. The minimum absolute atomic E-state index is 0.312. The van der Waals surface area contributed by atoms with E-state index in [1.165, 1.54) is 24.0 Å². The fourth-order valence-electron chi connectivity index (χ4n) is 3.64. The molecule has 0 aromatic carbocycles. The molecule has 21 heteroatoms. The summed E-state index contributed by atoms with van der Waals surface area (Å²) < 4.78 is 53.2. The lowest BCUT2D eigenvalue weighted by molar-refractivity contribution is -0.0946. The average Bonchev–Trinajstić information content (AvgIpc) is 3.42. The van der Waals surface area contributed by atoms with Gasteiger partial charge in [-0.25, -0.2) is 23.7 Å². The van der Waals surface area contributed by atoms with Crippen LogP contribution >= 0.6 is 23.5 Å². The molecular weight excluding hydrogens is 551 g/mol. The van der Waals surface area contributed by atoms with Crippen LogP contribution in [0.1, 0.15) is 13.2 Å². The fraction of sp³-hybridized carbons (Fsp3) is 0.400. The summed E-state index contributed by atoms with van der Waals surface area (Å²) >= 11 is 0. The van der Waals surface area contributed by atoms with Gasteiger partial charge in [-0.1, -0.05) is 0 Å². The molecule has 0 spiro atoms. The van der Waals surface area contributed by atoms with Gasteiger partial charge in [0.05, 0.1) is 12.8 Å². The topological polar surface area (TPSA) is 269 Å². The van der Waals surface area contributed by atoms with Crippen LogP contribution in [0.2, 0.25) is 0 Å². The third kappa shape index (κ3) is 5.66. The van der Waals surface area contributed by atoms with E-state index in [-0.39, 0.29) is 0 Å². The van der Waals surface area contributed by atoms with Crippen LogP contribution in [0.15, 0.2) is 31.1 Å². The van der Waals surface area contributed by atoms with Gasteiger partial charge in [-0.3, -0.25) is 9.62 Å². The van der Waals surface area contributed by atoms with Gasteiger partial charge in [0.1, 0.15) is 29.8 Å². The Kier molecular flexibility index (Phi) is 7.13. The molecule has 1 aliphatic heterocycles. The van der Waals surface area contributed by atoms with Crippen LogP contribution < -0.4 is 0 Å². The Morgan fingerprint density at radius 2 is 1.89 bits per heavy atom. The van der Waals surface area contributed by atoms with Gasteiger partial charge in [-0.05, 0) is 6.92 Å². The molecule has 198 valence electrons. The molecule has 1 fully saturated rings. The Hall–Kier alpha value is -1.88. The average molecular weight is 571 g/mol. The lowest BCUT2D eigenvalue weighted by Crippen LogP contribution is -2.44. The second-order valence-electron chi connectivity index (χ2n) is 7.78. The zero-order valence-electron chi connectivity index (χ0n) is 18.0. The molecule has 0 bridgehead atoms. The molecule has 4 heterocycles. The van der Waals surface area contributed by atoms with Crippen molar-refractivity contribution in [1.29, 1.82) is 0 Å². The number of nitrogens with one attached hydrogen (secondary N) is 1. The third-order valence-electron chi connectivity index (χ3n) is 5.13. The summed E-state index contributed by atoms with van der Waals surface area (Å²) in [7, 11) is -16.8. The van der Waals surface area contributed by atoms with Crippen LogP contribution in [0.4, 0.5) is 0 Å². The zero-order valence-corrected chi connectivity index (χ0v) is 20.7. The van der Waals surface area contributed by atoms with Crippen molar-refractivity contribution in [3.63, 3.8) is 0 Å². The van der Waals surface area contributed by atoms with Gasteiger partial charge < -0.3 is 39.1 Å². The van der Waals surface area contributed by atoms with Crippen LogP contribution in [-0.2, 0) is 31.6 Å². The number of aromatic amines is 1. The second kappa shape index (κ2) is 9.45. The molecule has 4 rings (SSSR count). The monoisotopic (exact) mass is 571 g/mol. The third-order valence-corrected chi connectivity index (χ3v) is 8.93. The minimum atomic E-state index is -5.73. The van der Waals surface area contributed by atoms with E-state index in [1.54, 1.807) is 18.6 Å². The number of phosphoric ester groups is 1. The van der Waals surface area contributed by atoms with E-state index in [0.717, 1.165) is 0 Å². The number of hydrogen-bond donors (Lipinski definition) is 7. The van der Waals surface area contributed by atoms with Crippen molar-refractivity contribution in [3.05, 3.63) is 31.1 Å². The van der Waals surface area contributed by atoms with Crippen LogP contribution in [0.5, 0.6) is 0 Å². The Bertz CT molecular complexity index is 1390. The first kappa shape index (κ1) is 27.2. The Balaban J connectivity index is 1.56. The molecule has 18 nitrogen and oxygen atoms in total. The van der Waals surface area contributed by atoms with E-state index >= 15 is 0 Å². The maximum absolute atomic E-state index is 12.0. The van der Waals surface area contributed by atoms with E-state index in [9.17, 15) is 33.7 Å². The van der Waals surface area contributed by atoms with Crippen molar-refractivity contribution >= 4 is 34.5 Å². The van der Waals surface area contributed by atoms with Crippen molar-refractivity contribution in [1.82, 2.24) is 24.7 Å². The largest absolute Gasteiger partial charge is 0.490 e. The first-order valence-electron chi connectivity index (χ1n) is 9.73. The summed E-state index contributed by atoms with van der Waals surface area (Å²) in [5.41, 5.74) is -0.414. The van der Waals surface area contributed by atoms with Crippen molar-refractivity contribution in [3.8, 4) is 11.1 Å². The number of rotatable bonds is 9. The molecule has 6 atom stereocenters. The highest BCUT2D eigenvalue weighted by Crippen LogP contribution is 2.66. The molecule has 2 unspecified atom stereocenters. The molecule has 36 heavy (non-hydrogen) atoms. The minimum Gasteiger partial charge on any atom is -0.387 e. The van der Waals surface area contributed by atoms with Gasteiger partial charge in [-0.15, -0.1) is 0 Å². The second-order valence-corrected chi connectivity index (χ2v) is 12.2. The normalized spacial score (nSPS) is 28.2. The molecule has 0 saturated carbocycles. The maximum atomic E-state index is 12.0. The Morgan fingerprint density at radius 3 is 2.53 bits per heavy atom. The highest BCUT2D eigenvalue weighted by atomic mass is 31.3. The molecule has 7 N–H and O–H groups in total. The number of aliphatic hydroxyl groups excluding tert-OH is 1. The number of aromatic nitrogens is 5.